The van der Waals surface area contributed by atoms with Crippen LogP contribution in [0.15, 0.2) is 28.9 Å². The van der Waals surface area contributed by atoms with Crippen molar-refractivity contribution < 1.29 is 14.3 Å². The molecule has 0 spiro atoms. The molecule has 2 atom stereocenters. The highest BCUT2D eigenvalue weighted by Gasteiger charge is 2.25. The van der Waals surface area contributed by atoms with Crippen molar-refractivity contribution in [2.75, 3.05) is 19.7 Å². The maximum atomic E-state index is 10.4. The highest BCUT2D eigenvalue weighted by Crippen LogP contribution is 2.20. The molecular weight excluding hydrogens is 318 g/mol. The van der Waals surface area contributed by atoms with E-state index in [1.165, 1.54) is 18.5 Å². The Bertz CT molecular complexity index is 638. The largest absolute Gasteiger partial charge is 0.467 e. The van der Waals surface area contributed by atoms with E-state index in [0.717, 1.165) is 31.0 Å². The minimum atomic E-state index is -0.490. The Morgan fingerprint density at radius 3 is 3.00 bits per heavy atom. The number of ether oxygens (including phenoxy) is 1. The molecule has 0 aromatic carbocycles. The zero-order valence-electron chi connectivity index (χ0n) is 15.2. The van der Waals surface area contributed by atoms with Gasteiger partial charge in [-0.25, -0.2) is 0 Å². The smallest absolute Gasteiger partial charge is 0.129 e. The SMILES string of the molecule is Cc1cc(C)n(CC2CCCCN2CC(O)COCc2ccco2)n1. The minimum absolute atomic E-state index is 0.323. The lowest BCUT2D eigenvalue weighted by molar-refractivity contribution is -0.00934. The summed E-state index contributed by atoms with van der Waals surface area (Å²) in [7, 11) is 0. The van der Waals surface area contributed by atoms with Crippen molar-refractivity contribution in [1.82, 2.24) is 14.7 Å². The summed E-state index contributed by atoms with van der Waals surface area (Å²) in [5.41, 5.74) is 2.26. The first-order valence-corrected chi connectivity index (χ1v) is 9.15. The van der Waals surface area contributed by atoms with Crippen molar-refractivity contribution in [2.45, 2.75) is 58.4 Å². The summed E-state index contributed by atoms with van der Waals surface area (Å²) in [4.78, 5) is 2.39. The van der Waals surface area contributed by atoms with Crippen molar-refractivity contribution >= 4 is 0 Å². The molecular formula is C19H29N3O3. The molecule has 0 saturated carbocycles. The lowest BCUT2D eigenvalue weighted by atomic mass is 10.0. The van der Waals surface area contributed by atoms with Gasteiger partial charge in [0, 0.05) is 18.3 Å². The lowest BCUT2D eigenvalue weighted by Gasteiger charge is -2.37. The second-order valence-corrected chi connectivity index (χ2v) is 7.00. The molecule has 138 valence electrons. The van der Waals surface area contributed by atoms with Crippen LogP contribution in [0.25, 0.3) is 0 Å². The fraction of sp³-hybridized carbons (Fsp3) is 0.632. The number of β-amino-alcohol motifs (C(OH)–C–C–N with tert-alkyl or cyclic N) is 1. The van der Waals surface area contributed by atoms with Gasteiger partial charge in [-0.1, -0.05) is 6.42 Å². The molecule has 1 aliphatic rings. The summed E-state index contributed by atoms with van der Waals surface area (Å²) in [5.74, 6) is 0.785. The Hall–Kier alpha value is -1.63. The first kappa shape index (κ1) is 18.2. The van der Waals surface area contributed by atoms with Gasteiger partial charge in [-0.3, -0.25) is 9.58 Å². The Balaban J connectivity index is 1.49. The van der Waals surface area contributed by atoms with E-state index in [1.807, 2.05) is 19.1 Å². The maximum absolute atomic E-state index is 10.4. The van der Waals surface area contributed by atoms with Crippen LogP contribution in [0, 0.1) is 13.8 Å². The Morgan fingerprint density at radius 2 is 2.28 bits per heavy atom. The number of aliphatic hydroxyl groups excluding tert-OH is 1. The molecule has 1 saturated heterocycles. The summed E-state index contributed by atoms with van der Waals surface area (Å²) in [5, 5.41) is 14.9. The highest BCUT2D eigenvalue weighted by atomic mass is 16.5. The third-order valence-corrected chi connectivity index (χ3v) is 4.82. The standard InChI is InChI=1S/C19H29N3O3/c1-15-10-16(2)22(20-15)11-17-6-3-4-8-21(17)12-18(23)13-24-14-19-7-5-9-25-19/h5,7,9-10,17-18,23H,3-4,6,8,11-14H2,1-2H3. The maximum Gasteiger partial charge on any atom is 0.129 e. The Labute approximate surface area is 149 Å². The van der Waals surface area contributed by atoms with E-state index in [4.69, 9.17) is 9.15 Å². The summed E-state index contributed by atoms with van der Waals surface area (Å²) >= 11 is 0. The van der Waals surface area contributed by atoms with Crippen molar-refractivity contribution in [1.29, 1.82) is 0 Å². The van der Waals surface area contributed by atoms with Crippen molar-refractivity contribution in [2.24, 2.45) is 0 Å². The van der Waals surface area contributed by atoms with Gasteiger partial charge in [0.2, 0.25) is 0 Å². The molecule has 0 radical (unpaired) electrons. The van der Waals surface area contributed by atoms with Crippen LogP contribution in [-0.4, -0.2) is 51.6 Å². The second kappa shape index (κ2) is 8.65. The number of hydrogen-bond donors (Lipinski definition) is 1. The fourth-order valence-electron chi connectivity index (χ4n) is 3.58. The summed E-state index contributed by atoms with van der Waals surface area (Å²) in [6.45, 7) is 7.41. The van der Waals surface area contributed by atoms with Gasteiger partial charge >= 0.3 is 0 Å². The molecule has 2 aromatic rings. The Morgan fingerprint density at radius 1 is 1.40 bits per heavy atom. The number of rotatable bonds is 8. The van der Waals surface area contributed by atoms with Gasteiger partial charge in [-0.05, 0) is 51.4 Å². The van der Waals surface area contributed by atoms with Gasteiger partial charge in [0.1, 0.15) is 12.4 Å². The average Bonchev–Trinajstić information content (AvgIpc) is 3.19. The molecule has 1 aliphatic heterocycles. The lowest BCUT2D eigenvalue weighted by Crippen LogP contribution is -2.46. The van der Waals surface area contributed by atoms with Gasteiger partial charge in [0.25, 0.3) is 0 Å². The van der Waals surface area contributed by atoms with Gasteiger partial charge in [0.15, 0.2) is 0 Å². The van der Waals surface area contributed by atoms with Gasteiger partial charge in [0.05, 0.1) is 31.2 Å². The van der Waals surface area contributed by atoms with Crippen LogP contribution in [0.1, 0.15) is 36.4 Å². The molecule has 3 rings (SSSR count). The number of nitrogens with zero attached hydrogens (tertiary/aromatic N) is 3. The molecule has 0 amide bonds. The zero-order chi connectivity index (χ0) is 17.6. The molecule has 1 N–H and O–H groups in total. The first-order valence-electron chi connectivity index (χ1n) is 9.15. The first-order chi connectivity index (χ1) is 12.1. The third kappa shape index (κ3) is 5.17. The normalized spacial score (nSPS) is 20.0. The number of aliphatic hydroxyl groups is 1. The van der Waals surface area contributed by atoms with Crippen LogP contribution in [0.4, 0.5) is 0 Å². The highest BCUT2D eigenvalue weighted by molar-refractivity contribution is 5.06. The molecule has 6 nitrogen and oxygen atoms in total. The molecule has 2 unspecified atom stereocenters. The van der Waals surface area contributed by atoms with Crippen LogP contribution in [-0.2, 0) is 17.9 Å². The summed E-state index contributed by atoms with van der Waals surface area (Å²) in [6.07, 6.45) is 4.72. The molecule has 0 aliphatic carbocycles. The van der Waals surface area contributed by atoms with Gasteiger partial charge in [-0.15, -0.1) is 0 Å². The van der Waals surface area contributed by atoms with Crippen LogP contribution < -0.4 is 0 Å². The molecule has 3 heterocycles. The van der Waals surface area contributed by atoms with E-state index in [0.29, 0.717) is 25.8 Å². The monoisotopic (exact) mass is 347 g/mol. The number of aromatic nitrogens is 2. The summed E-state index contributed by atoms with van der Waals surface area (Å²) < 4.78 is 12.9. The third-order valence-electron chi connectivity index (χ3n) is 4.82. The average molecular weight is 347 g/mol. The van der Waals surface area contributed by atoms with E-state index in [9.17, 15) is 5.11 Å². The molecule has 6 heteroatoms. The molecule has 0 bridgehead atoms. The quantitative estimate of drug-likeness (QED) is 0.795. The van der Waals surface area contributed by atoms with E-state index in [1.54, 1.807) is 6.26 Å². The predicted molar refractivity (Wildman–Crippen MR) is 95.3 cm³/mol. The van der Waals surface area contributed by atoms with Crippen LogP contribution in [0.5, 0.6) is 0 Å². The number of aryl methyl sites for hydroxylation is 2. The zero-order valence-corrected chi connectivity index (χ0v) is 15.2. The fourth-order valence-corrected chi connectivity index (χ4v) is 3.58. The topological polar surface area (TPSA) is 63.7 Å². The van der Waals surface area contributed by atoms with E-state index in [-0.39, 0.29) is 0 Å². The van der Waals surface area contributed by atoms with Crippen LogP contribution in [0.2, 0.25) is 0 Å². The predicted octanol–water partition coefficient (Wildman–Crippen LogP) is 2.53. The van der Waals surface area contributed by atoms with Crippen molar-refractivity contribution in [3.8, 4) is 0 Å². The van der Waals surface area contributed by atoms with Crippen molar-refractivity contribution in [3.05, 3.63) is 41.6 Å². The molecule has 25 heavy (non-hydrogen) atoms. The minimum Gasteiger partial charge on any atom is -0.467 e. The number of furan rings is 1. The van der Waals surface area contributed by atoms with Crippen LogP contribution >= 0.6 is 0 Å². The van der Waals surface area contributed by atoms with E-state index in [2.05, 4.69) is 27.7 Å². The van der Waals surface area contributed by atoms with Gasteiger partial charge < -0.3 is 14.3 Å². The van der Waals surface area contributed by atoms with Crippen molar-refractivity contribution in [3.63, 3.8) is 0 Å². The molecule has 1 fully saturated rings. The number of likely N-dealkylation sites (tertiary alicyclic amines) is 1. The summed E-state index contributed by atoms with van der Waals surface area (Å²) in [6, 6.07) is 6.25. The second-order valence-electron chi connectivity index (χ2n) is 7.00. The van der Waals surface area contributed by atoms with E-state index >= 15 is 0 Å². The number of hydrogen-bond acceptors (Lipinski definition) is 5. The van der Waals surface area contributed by atoms with Gasteiger partial charge in [-0.2, -0.15) is 5.10 Å². The van der Waals surface area contributed by atoms with E-state index < -0.39 is 6.10 Å². The van der Waals surface area contributed by atoms with Crippen LogP contribution in [0.3, 0.4) is 0 Å². The molecule has 2 aromatic heterocycles. The Kier molecular flexibility index (Phi) is 6.29. The number of piperidine rings is 1.